The maximum absolute atomic E-state index is 13.7. The average molecular weight is 372 g/mol. The molecule has 2 aromatic carbocycles. The fourth-order valence-corrected chi connectivity index (χ4v) is 3.53. The van der Waals surface area contributed by atoms with E-state index in [1.165, 1.54) is 25.1 Å². The van der Waals surface area contributed by atoms with Gasteiger partial charge in [0.05, 0.1) is 12.0 Å². The lowest BCUT2D eigenvalue weighted by Gasteiger charge is -2.39. The Bertz CT molecular complexity index is 823. The maximum atomic E-state index is 13.7. The number of benzene rings is 2. The highest BCUT2D eigenvalue weighted by molar-refractivity contribution is 5.81. The first-order valence-corrected chi connectivity index (χ1v) is 8.99. The van der Waals surface area contributed by atoms with E-state index >= 15 is 0 Å². The number of piperidine rings is 1. The second-order valence-corrected chi connectivity index (χ2v) is 6.82. The zero-order chi connectivity index (χ0) is 19.4. The molecular formula is C21H22F2N2O2. The number of hydrogen-bond acceptors (Lipinski definition) is 2. The average Bonchev–Trinajstić information content (AvgIpc) is 2.67. The third-order valence-electron chi connectivity index (χ3n) is 5.02. The molecule has 1 heterocycles. The van der Waals surface area contributed by atoms with Gasteiger partial charge in [0.2, 0.25) is 11.8 Å². The highest BCUT2D eigenvalue weighted by Gasteiger charge is 2.34. The molecule has 0 saturated carbocycles. The highest BCUT2D eigenvalue weighted by atomic mass is 19.1. The van der Waals surface area contributed by atoms with Crippen LogP contribution in [0.2, 0.25) is 0 Å². The van der Waals surface area contributed by atoms with E-state index in [1.807, 2.05) is 0 Å². The van der Waals surface area contributed by atoms with Crippen LogP contribution in [0.25, 0.3) is 0 Å². The Kier molecular flexibility index (Phi) is 5.84. The molecule has 6 heteroatoms. The van der Waals surface area contributed by atoms with E-state index in [4.69, 9.17) is 0 Å². The van der Waals surface area contributed by atoms with E-state index in [2.05, 4.69) is 5.32 Å². The Hall–Kier alpha value is -2.76. The molecule has 2 aromatic rings. The van der Waals surface area contributed by atoms with E-state index in [0.29, 0.717) is 24.9 Å². The first kappa shape index (κ1) is 19.0. The van der Waals surface area contributed by atoms with Gasteiger partial charge >= 0.3 is 0 Å². The molecule has 0 aromatic heterocycles. The van der Waals surface area contributed by atoms with Crippen molar-refractivity contribution >= 4 is 11.8 Å². The van der Waals surface area contributed by atoms with E-state index in [0.717, 1.165) is 5.56 Å². The number of amides is 2. The van der Waals surface area contributed by atoms with Crippen molar-refractivity contribution in [2.75, 3.05) is 6.54 Å². The summed E-state index contributed by atoms with van der Waals surface area (Å²) in [6, 6.07) is 12.2. The number of carbonyl (C=O) groups is 2. The van der Waals surface area contributed by atoms with Gasteiger partial charge in [-0.15, -0.1) is 0 Å². The van der Waals surface area contributed by atoms with Crippen LogP contribution < -0.4 is 5.32 Å². The lowest BCUT2D eigenvalue weighted by atomic mass is 9.88. The molecule has 1 aliphatic rings. The Morgan fingerprint density at radius 3 is 2.44 bits per heavy atom. The minimum absolute atomic E-state index is 0.115. The van der Waals surface area contributed by atoms with Crippen LogP contribution in [-0.4, -0.2) is 23.3 Å². The quantitative estimate of drug-likeness (QED) is 0.892. The normalized spacial score (nSPS) is 19.6. The van der Waals surface area contributed by atoms with Crippen molar-refractivity contribution in [1.29, 1.82) is 0 Å². The zero-order valence-electron chi connectivity index (χ0n) is 15.1. The van der Waals surface area contributed by atoms with Gasteiger partial charge in [-0.2, -0.15) is 0 Å². The SMILES string of the molecule is CC(=O)N1CC(C(=O)NCc2ccccc2F)CCC1c1ccc(F)cc1. The van der Waals surface area contributed by atoms with Gasteiger partial charge in [0.25, 0.3) is 0 Å². The number of rotatable bonds is 4. The molecule has 0 spiro atoms. The molecular weight excluding hydrogens is 350 g/mol. The van der Waals surface area contributed by atoms with Crippen molar-refractivity contribution in [3.05, 3.63) is 71.3 Å². The second-order valence-electron chi connectivity index (χ2n) is 6.82. The summed E-state index contributed by atoms with van der Waals surface area (Å²) in [7, 11) is 0. The van der Waals surface area contributed by atoms with Gasteiger partial charge in [0.15, 0.2) is 0 Å². The molecule has 1 saturated heterocycles. The van der Waals surface area contributed by atoms with Crippen molar-refractivity contribution in [1.82, 2.24) is 10.2 Å². The van der Waals surface area contributed by atoms with E-state index in [1.54, 1.807) is 35.2 Å². The first-order valence-electron chi connectivity index (χ1n) is 8.99. The highest BCUT2D eigenvalue weighted by Crippen LogP contribution is 2.33. The minimum Gasteiger partial charge on any atom is -0.352 e. The lowest BCUT2D eigenvalue weighted by Crippen LogP contribution is -2.46. The molecule has 0 bridgehead atoms. The van der Waals surface area contributed by atoms with Crippen LogP contribution in [0.4, 0.5) is 8.78 Å². The molecule has 1 N–H and O–H groups in total. The number of carbonyl (C=O) groups excluding carboxylic acids is 2. The summed E-state index contributed by atoms with van der Waals surface area (Å²) in [6.07, 6.45) is 1.22. The van der Waals surface area contributed by atoms with Gasteiger partial charge in [-0.1, -0.05) is 30.3 Å². The fourth-order valence-electron chi connectivity index (χ4n) is 3.53. The molecule has 2 amide bonds. The molecule has 142 valence electrons. The van der Waals surface area contributed by atoms with E-state index < -0.39 is 0 Å². The van der Waals surface area contributed by atoms with Crippen LogP contribution in [-0.2, 0) is 16.1 Å². The third-order valence-corrected chi connectivity index (χ3v) is 5.02. The Balaban J connectivity index is 1.65. The smallest absolute Gasteiger partial charge is 0.225 e. The Morgan fingerprint density at radius 2 is 1.78 bits per heavy atom. The summed E-state index contributed by atoms with van der Waals surface area (Å²) in [5.41, 5.74) is 1.28. The molecule has 27 heavy (non-hydrogen) atoms. The molecule has 0 radical (unpaired) electrons. The number of likely N-dealkylation sites (tertiary alicyclic amines) is 1. The molecule has 1 fully saturated rings. The summed E-state index contributed by atoms with van der Waals surface area (Å²) >= 11 is 0. The van der Waals surface area contributed by atoms with Crippen molar-refractivity contribution in [2.24, 2.45) is 5.92 Å². The summed E-state index contributed by atoms with van der Waals surface area (Å²) in [6.45, 7) is 1.88. The van der Waals surface area contributed by atoms with E-state index in [9.17, 15) is 18.4 Å². The number of halogens is 2. The largest absolute Gasteiger partial charge is 0.352 e. The van der Waals surface area contributed by atoms with Gasteiger partial charge in [-0.05, 0) is 36.6 Å². The number of hydrogen-bond donors (Lipinski definition) is 1. The van der Waals surface area contributed by atoms with Gasteiger partial charge in [0, 0.05) is 25.6 Å². The summed E-state index contributed by atoms with van der Waals surface area (Å²) in [5.74, 6) is -1.35. The summed E-state index contributed by atoms with van der Waals surface area (Å²) in [4.78, 5) is 26.3. The van der Waals surface area contributed by atoms with Crippen molar-refractivity contribution in [2.45, 2.75) is 32.4 Å². The van der Waals surface area contributed by atoms with Gasteiger partial charge in [0.1, 0.15) is 11.6 Å². The molecule has 0 aliphatic carbocycles. The number of nitrogens with one attached hydrogen (secondary N) is 1. The van der Waals surface area contributed by atoms with Crippen LogP contribution in [0.1, 0.15) is 36.9 Å². The van der Waals surface area contributed by atoms with Crippen LogP contribution in [0.5, 0.6) is 0 Å². The molecule has 2 unspecified atom stereocenters. The predicted octanol–water partition coefficient (Wildman–Crippen LogP) is 3.58. The van der Waals surface area contributed by atoms with Crippen LogP contribution in [0, 0.1) is 17.6 Å². The van der Waals surface area contributed by atoms with E-state index in [-0.39, 0.29) is 42.0 Å². The van der Waals surface area contributed by atoms with Crippen LogP contribution >= 0.6 is 0 Å². The van der Waals surface area contributed by atoms with Gasteiger partial charge < -0.3 is 10.2 Å². The van der Waals surface area contributed by atoms with Crippen molar-refractivity contribution < 1.29 is 18.4 Å². The second kappa shape index (κ2) is 8.29. The van der Waals surface area contributed by atoms with Crippen LogP contribution in [0.3, 0.4) is 0 Å². The Morgan fingerprint density at radius 1 is 1.07 bits per heavy atom. The number of nitrogens with zero attached hydrogens (tertiary/aromatic N) is 1. The lowest BCUT2D eigenvalue weighted by molar-refractivity contribution is -0.137. The summed E-state index contributed by atoms with van der Waals surface area (Å²) < 4.78 is 26.9. The third kappa shape index (κ3) is 4.51. The van der Waals surface area contributed by atoms with Crippen molar-refractivity contribution in [3.63, 3.8) is 0 Å². The topological polar surface area (TPSA) is 49.4 Å². The minimum atomic E-state index is -0.358. The Labute approximate surface area is 157 Å². The predicted molar refractivity (Wildman–Crippen MR) is 97.5 cm³/mol. The first-order chi connectivity index (χ1) is 13.0. The summed E-state index contributed by atoms with van der Waals surface area (Å²) in [5, 5.41) is 2.76. The molecule has 1 aliphatic heterocycles. The monoisotopic (exact) mass is 372 g/mol. The fraction of sp³-hybridized carbons (Fsp3) is 0.333. The van der Waals surface area contributed by atoms with Gasteiger partial charge in [-0.25, -0.2) is 8.78 Å². The maximum Gasteiger partial charge on any atom is 0.225 e. The standard InChI is InChI=1S/C21H22F2N2O2/c1-14(26)25-13-17(8-11-20(25)15-6-9-18(22)10-7-15)21(27)24-12-16-4-2-3-5-19(16)23/h2-7,9-10,17,20H,8,11-13H2,1H3,(H,24,27). The molecule has 4 nitrogen and oxygen atoms in total. The van der Waals surface area contributed by atoms with Gasteiger partial charge in [-0.3, -0.25) is 9.59 Å². The van der Waals surface area contributed by atoms with Crippen LogP contribution in [0.15, 0.2) is 48.5 Å². The van der Waals surface area contributed by atoms with Crippen molar-refractivity contribution in [3.8, 4) is 0 Å². The molecule has 2 atom stereocenters. The zero-order valence-corrected chi connectivity index (χ0v) is 15.1. The molecule has 3 rings (SSSR count).